The van der Waals surface area contributed by atoms with E-state index in [2.05, 4.69) is 6.07 Å². The van der Waals surface area contributed by atoms with Crippen LogP contribution in [-0.4, -0.2) is 11.5 Å². The molecule has 1 heterocycles. The van der Waals surface area contributed by atoms with Crippen LogP contribution in [0.5, 0.6) is 0 Å². The van der Waals surface area contributed by atoms with E-state index in [1.54, 1.807) is 0 Å². The molecule has 0 bridgehead atoms. The lowest BCUT2D eigenvalue weighted by Crippen LogP contribution is -1.93. The lowest BCUT2D eigenvalue weighted by atomic mass is 10.1. The molecule has 0 aromatic rings. The van der Waals surface area contributed by atoms with E-state index in [-0.39, 0.29) is 0 Å². The third kappa shape index (κ3) is 1.41. The summed E-state index contributed by atoms with van der Waals surface area (Å²) in [6, 6.07) is 2.20. The minimum Gasteiger partial charge on any atom is -0.198 e. The van der Waals surface area contributed by atoms with Gasteiger partial charge in [-0.2, -0.15) is 17.0 Å². The van der Waals surface area contributed by atoms with Gasteiger partial charge in [0, 0.05) is 6.42 Å². The van der Waals surface area contributed by atoms with Crippen LogP contribution in [-0.2, 0) is 0 Å². The van der Waals surface area contributed by atoms with Gasteiger partial charge in [-0.05, 0) is 23.8 Å². The van der Waals surface area contributed by atoms with Gasteiger partial charge in [0.2, 0.25) is 0 Å². The van der Waals surface area contributed by atoms with Gasteiger partial charge in [0.25, 0.3) is 0 Å². The summed E-state index contributed by atoms with van der Waals surface area (Å²) < 4.78 is 0. The fraction of sp³-hybridized carbons (Fsp3) is 0.833. The normalized spacial score (nSPS) is 27.6. The summed E-state index contributed by atoms with van der Waals surface area (Å²) in [5, 5.41) is 8.27. The van der Waals surface area contributed by atoms with Crippen molar-refractivity contribution in [2.75, 3.05) is 11.5 Å². The van der Waals surface area contributed by atoms with Crippen LogP contribution in [0.4, 0.5) is 0 Å². The van der Waals surface area contributed by atoms with Crippen molar-refractivity contribution in [3.63, 3.8) is 0 Å². The zero-order chi connectivity index (χ0) is 5.82. The molecule has 1 unspecified atom stereocenters. The average Bonchev–Trinajstić information content (AvgIpc) is 2.19. The molecule has 0 radical (unpaired) electrons. The SMILES string of the molecule is N#CCC1CCSC1. The number of nitrogens with zero attached hydrogens (tertiary/aromatic N) is 1. The van der Waals surface area contributed by atoms with Crippen molar-refractivity contribution in [1.29, 1.82) is 5.26 Å². The van der Waals surface area contributed by atoms with Gasteiger partial charge in [0.1, 0.15) is 0 Å². The Morgan fingerprint density at radius 2 is 2.62 bits per heavy atom. The third-order valence-corrected chi connectivity index (χ3v) is 2.64. The quantitative estimate of drug-likeness (QED) is 0.534. The van der Waals surface area contributed by atoms with E-state index in [1.807, 2.05) is 11.8 Å². The first-order valence-electron chi connectivity index (χ1n) is 2.88. The van der Waals surface area contributed by atoms with Gasteiger partial charge in [-0.15, -0.1) is 0 Å². The molecule has 0 spiro atoms. The van der Waals surface area contributed by atoms with Gasteiger partial charge in [0.15, 0.2) is 0 Å². The molecule has 1 fully saturated rings. The van der Waals surface area contributed by atoms with E-state index in [0.29, 0.717) is 5.92 Å². The van der Waals surface area contributed by atoms with E-state index < -0.39 is 0 Å². The minimum absolute atomic E-state index is 0.713. The van der Waals surface area contributed by atoms with Crippen LogP contribution in [0.15, 0.2) is 0 Å². The van der Waals surface area contributed by atoms with Crippen molar-refractivity contribution in [1.82, 2.24) is 0 Å². The second kappa shape index (κ2) is 2.99. The molecule has 8 heavy (non-hydrogen) atoms. The minimum atomic E-state index is 0.713. The van der Waals surface area contributed by atoms with E-state index in [9.17, 15) is 0 Å². The molecule has 1 aliphatic heterocycles. The second-order valence-corrected chi connectivity index (χ2v) is 3.24. The highest BCUT2D eigenvalue weighted by molar-refractivity contribution is 7.99. The Morgan fingerprint density at radius 1 is 1.75 bits per heavy atom. The summed E-state index contributed by atoms with van der Waals surface area (Å²) in [6.07, 6.45) is 2.03. The van der Waals surface area contributed by atoms with Gasteiger partial charge in [-0.3, -0.25) is 0 Å². The molecule has 0 N–H and O–H groups in total. The third-order valence-electron chi connectivity index (χ3n) is 1.40. The summed E-state index contributed by atoms with van der Waals surface area (Å²) in [5.74, 6) is 3.20. The Morgan fingerprint density at radius 3 is 3.12 bits per heavy atom. The molecule has 0 aromatic heterocycles. The predicted octanol–water partition coefficient (Wildman–Crippen LogP) is 1.65. The lowest BCUT2D eigenvalue weighted by Gasteiger charge is -1.96. The standard InChI is InChI=1S/C6H9NS/c7-3-1-6-2-4-8-5-6/h6H,1-2,4-5H2. The van der Waals surface area contributed by atoms with Crippen molar-refractivity contribution >= 4 is 11.8 Å². The van der Waals surface area contributed by atoms with Crippen LogP contribution in [0.2, 0.25) is 0 Å². The first kappa shape index (κ1) is 5.97. The highest BCUT2D eigenvalue weighted by Crippen LogP contribution is 2.25. The Kier molecular flexibility index (Phi) is 2.23. The average molecular weight is 127 g/mol. The van der Waals surface area contributed by atoms with Gasteiger partial charge in [-0.25, -0.2) is 0 Å². The van der Waals surface area contributed by atoms with Crippen LogP contribution in [0.3, 0.4) is 0 Å². The van der Waals surface area contributed by atoms with E-state index in [1.165, 1.54) is 17.9 Å². The van der Waals surface area contributed by atoms with Gasteiger partial charge in [0.05, 0.1) is 6.07 Å². The number of hydrogen-bond acceptors (Lipinski definition) is 2. The first-order chi connectivity index (χ1) is 3.93. The van der Waals surface area contributed by atoms with Crippen molar-refractivity contribution in [2.45, 2.75) is 12.8 Å². The summed E-state index contributed by atoms with van der Waals surface area (Å²) in [6.45, 7) is 0. The number of rotatable bonds is 1. The van der Waals surface area contributed by atoms with Gasteiger partial charge < -0.3 is 0 Å². The first-order valence-corrected chi connectivity index (χ1v) is 4.03. The van der Waals surface area contributed by atoms with Gasteiger partial charge in [-0.1, -0.05) is 0 Å². The van der Waals surface area contributed by atoms with Crippen LogP contribution >= 0.6 is 11.8 Å². The number of nitriles is 1. The van der Waals surface area contributed by atoms with Crippen LogP contribution in [0, 0.1) is 17.2 Å². The molecule has 1 aliphatic rings. The Hall–Kier alpha value is -0.160. The maximum atomic E-state index is 8.27. The monoisotopic (exact) mass is 127 g/mol. The topological polar surface area (TPSA) is 23.8 Å². The molecule has 0 saturated carbocycles. The Bertz CT molecular complexity index is 99.6. The maximum absolute atomic E-state index is 8.27. The van der Waals surface area contributed by atoms with Crippen molar-refractivity contribution in [3.8, 4) is 6.07 Å². The van der Waals surface area contributed by atoms with Gasteiger partial charge >= 0.3 is 0 Å². The highest BCUT2D eigenvalue weighted by atomic mass is 32.2. The molecule has 0 aromatic carbocycles. The summed E-state index contributed by atoms with van der Waals surface area (Å²) in [5.41, 5.74) is 0. The molecule has 2 heteroatoms. The molecule has 0 amide bonds. The smallest absolute Gasteiger partial charge is 0.0624 e. The number of thioether (sulfide) groups is 1. The maximum Gasteiger partial charge on any atom is 0.0624 e. The van der Waals surface area contributed by atoms with E-state index >= 15 is 0 Å². The zero-order valence-electron chi connectivity index (χ0n) is 4.76. The Labute approximate surface area is 54.1 Å². The second-order valence-electron chi connectivity index (χ2n) is 2.09. The fourth-order valence-corrected chi connectivity index (χ4v) is 2.16. The van der Waals surface area contributed by atoms with Crippen LogP contribution in [0.25, 0.3) is 0 Å². The van der Waals surface area contributed by atoms with Crippen molar-refractivity contribution < 1.29 is 0 Å². The lowest BCUT2D eigenvalue weighted by molar-refractivity contribution is 0.615. The molecule has 1 atom stereocenters. The molecule has 44 valence electrons. The van der Waals surface area contributed by atoms with Crippen molar-refractivity contribution in [3.05, 3.63) is 0 Å². The number of hydrogen-bond donors (Lipinski definition) is 0. The largest absolute Gasteiger partial charge is 0.198 e. The highest BCUT2D eigenvalue weighted by Gasteiger charge is 2.13. The predicted molar refractivity (Wildman–Crippen MR) is 35.7 cm³/mol. The molecule has 1 rings (SSSR count). The van der Waals surface area contributed by atoms with E-state index in [4.69, 9.17) is 5.26 Å². The van der Waals surface area contributed by atoms with Crippen LogP contribution < -0.4 is 0 Å². The fourth-order valence-electron chi connectivity index (χ4n) is 0.873. The molecule has 1 nitrogen and oxygen atoms in total. The van der Waals surface area contributed by atoms with Crippen LogP contribution in [0.1, 0.15) is 12.8 Å². The molecule has 0 aliphatic carbocycles. The van der Waals surface area contributed by atoms with E-state index in [0.717, 1.165) is 6.42 Å². The van der Waals surface area contributed by atoms with Crippen molar-refractivity contribution in [2.24, 2.45) is 5.92 Å². The molecular weight excluding hydrogens is 118 g/mol. The summed E-state index contributed by atoms with van der Waals surface area (Å²) >= 11 is 1.97. The summed E-state index contributed by atoms with van der Waals surface area (Å²) in [4.78, 5) is 0. The molecule has 1 saturated heterocycles. The zero-order valence-corrected chi connectivity index (χ0v) is 5.58. The molecular formula is C6H9NS. The Balaban J connectivity index is 2.17. The summed E-state index contributed by atoms with van der Waals surface area (Å²) in [7, 11) is 0.